The molecule has 1 aliphatic carbocycles. The van der Waals surface area contributed by atoms with Gasteiger partial charge in [0, 0.05) is 19.6 Å². The van der Waals surface area contributed by atoms with E-state index in [1.807, 2.05) is 0 Å². The highest BCUT2D eigenvalue weighted by Gasteiger charge is 2.32. The van der Waals surface area contributed by atoms with E-state index in [2.05, 4.69) is 4.72 Å². The summed E-state index contributed by atoms with van der Waals surface area (Å²) in [5, 5.41) is 8.96. The Morgan fingerprint density at radius 3 is 2.68 bits per heavy atom. The summed E-state index contributed by atoms with van der Waals surface area (Å²) >= 11 is 0. The Labute approximate surface area is 114 Å². The van der Waals surface area contributed by atoms with Crippen LogP contribution in [0.15, 0.2) is 0 Å². The van der Waals surface area contributed by atoms with Crippen molar-refractivity contribution >= 4 is 16.2 Å². The van der Waals surface area contributed by atoms with E-state index in [0.29, 0.717) is 25.9 Å². The third kappa shape index (κ3) is 4.43. The molecular formula is C12H22N2O4S. The van der Waals surface area contributed by atoms with Crippen LogP contribution >= 0.6 is 0 Å². The average Bonchev–Trinajstić information content (AvgIpc) is 3.19. The molecule has 0 bridgehead atoms. The summed E-state index contributed by atoms with van der Waals surface area (Å²) < 4.78 is 27.9. The molecule has 0 spiro atoms. The van der Waals surface area contributed by atoms with Crippen molar-refractivity contribution in [2.24, 2.45) is 11.8 Å². The normalized spacial score (nSPS) is 25.4. The van der Waals surface area contributed by atoms with Gasteiger partial charge in [0.2, 0.25) is 0 Å². The first-order chi connectivity index (χ1) is 8.99. The second-order valence-corrected chi connectivity index (χ2v) is 7.28. The number of carboxylic acid groups (broad SMARTS) is 1. The highest BCUT2D eigenvalue weighted by atomic mass is 32.2. The minimum atomic E-state index is -3.51. The summed E-state index contributed by atoms with van der Waals surface area (Å²) in [6.07, 6.45) is 5.67. The molecule has 1 heterocycles. The number of hydrogen-bond acceptors (Lipinski definition) is 3. The van der Waals surface area contributed by atoms with Gasteiger partial charge < -0.3 is 5.11 Å². The average molecular weight is 290 g/mol. The van der Waals surface area contributed by atoms with E-state index in [-0.39, 0.29) is 6.54 Å². The fourth-order valence-corrected chi connectivity index (χ4v) is 3.78. The number of piperidine rings is 1. The molecule has 1 saturated heterocycles. The molecule has 2 rings (SSSR count). The van der Waals surface area contributed by atoms with Crippen LogP contribution in [-0.2, 0) is 15.0 Å². The molecule has 0 aromatic carbocycles. The third-order valence-corrected chi connectivity index (χ3v) is 5.42. The van der Waals surface area contributed by atoms with Crippen LogP contribution in [0.5, 0.6) is 0 Å². The van der Waals surface area contributed by atoms with Gasteiger partial charge in [-0.15, -0.1) is 0 Å². The van der Waals surface area contributed by atoms with E-state index in [9.17, 15) is 13.2 Å². The molecule has 19 heavy (non-hydrogen) atoms. The van der Waals surface area contributed by atoms with E-state index < -0.39 is 22.1 Å². The van der Waals surface area contributed by atoms with Gasteiger partial charge in [0.15, 0.2) is 0 Å². The molecule has 1 aliphatic heterocycles. The minimum absolute atomic E-state index is 0.0906. The van der Waals surface area contributed by atoms with Crippen molar-refractivity contribution in [1.29, 1.82) is 0 Å². The molecule has 2 aliphatic rings. The van der Waals surface area contributed by atoms with Crippen LogP contribution in [0.3, 0.4) is 0 Å². The number of rotatable bonds is 7. The third-order valence-electron chi connectivity index (χ3n) is 3.84. The van der Waals surface area contributed by atoms with Crippen LogP contribution in [0.1, 0.15) is 38.5 Å². The van der Waals surface area contributed by atoms with Crippen molar-refractivity contribution < 1.29 is 18.3 Å². The van der Waals surface area contributed by atoms with Crippen LogP contribution in [-0.4, -0.2) is 43.4 Å². The molecule has 0 aromatic rings. The summed E-state index contributed by atoms with van der Waals surface area (Å²) in [6, 6.07) is 0. The molecule has 110 valence electrons. The summed E-state index contributed by atoms with van der Waals surface area (Å²) in [4.78, 5) is 10.9. The van der Waals surface area contributed by atoms with Crippen LogP contribution in [0, 0.1) is 11.8 Å². The summed E-state index contributed by atoms with van der Waals surface area (Å²) in [5.41, 5.74) is 0. The fraction of sp³-hybridized carbons (Fsp3) is 0.917. The van der Waals surface area contributed by atoms with Crippen molar-refractivity contribution in [3.05, 3.63) is 0 Å². The van der Waals surface area contributed by atoms with Crippen molar-refractivity contribution in [2.45, 2.75) is 38.5 Å². The van der Waals surface area contributed by atoms with E-state index in [1.165, 1.54) is 17.1 Å². The predicted molar refractivity (Wildman–Crippen MR) is 70.8 cm³/mol. The van der Waals surface area contributed by atoms with Crippen molar-refractivity contribution in [2.75, 3.05) is 19.6 Å². The molecule has 1 atom stereocenters. The SMILES string of the molecule is O=C(O)C1CCCN(S(=O)(=O)NCCCC2CC2)C1. The highest BCUT2D eigenvalue weighted by molar-refractivity contribution is 7.87. The zero-order valence-corrected chi connectivity index (χ0v) is 11.9. The maximum atomic E-state index is 12.0. The molecule has 2 fully saturated rings. The summed E-state index contributed by atoms with van der Waals surface area (Å²) in [5.74, 6) is -0.679. The van der Waals surface area contributed by atoms with Crippen molar-refractivity contribution in [3.8, 4) is 0 Å². The van der Waals surface area contributed by atoms with Crippen LogP contribution < -0.4 is 4.72 Å². The Morgan fingerprint density at radius 1 is 1.32 bits per heavy atom. The zero-order valence-electron chi connectivity index (χ0n) is 11.0. The highest BCUT2D eigenvalue weighted by Crippen LogP contribution is 2.33. The summed E-state index contributed by atoms with van der Waals surface area (Å²) in [7, 11) is -3.51. The van der Waals surface area contributed by atoms with E-state index >= 15 is 0 Å². The van der Waals surface area contributed by atoms with Gasteiger partial charge in [0.1, 0.15) is 0 Å². The number of nitrogens with zero attached hydrogens (tertiary/aromatic N) is 1. The number of carboxylic acids is 1. The second-order valence-electron chi connectivity index (χ2n) is 5.52. The first-order valence-corrected chi connectivity index (χ1v) is 8.40. The Balaban J connectivity index is 1.78. The van der Waals surface area contributed by atoms with E-state index in [1.54, 1.807) is 0 Å². The first-order valence-electron chi connectivity index (χ1n) is 6.96. The first kappa shape index (κ1) is 14.7. The van der Waals surface area contributed by atoms with Gasteiger partial charge in [0.05, 0.1) is 5.92 Å². The molecule has 0 radical (unpaired) electrons. The van der Waals surface area contributed by atoms with Gasteiger partial charge in [0.25, 0.3) is 10.2 Å². The van der Waals surface area contributed by atoms with Gasteiger partial charge in [-0.3, -0.25) is 4.79 Å². The Bertz CT molecular complexity index is 419. The summed E-state index contributed by atoms with van der Waals surface area (Å²) in [6.45, 7) is 0.960. The Kier molecular flexibility index (Phi) is 4.81. The van der Waals surface area contributed by atoms with E-state index in [4.69, 9.17) is 5.11 Å². The Hall–Kier alpha value is -0.660. The number of carbonyl (C=O) groups is 1. The second kappa shape index (κ2) is 6.19. The molecule has 6 nitrogen and oxygen atoms in total. The molecule has 7 heteroatoms. The number of nitrogens with one attached hydrogen (secondary N) is 1. The van der Waals surface area contributed by atoms with Crippen LogP contribution in [0.4, 0.5) is 0 Å². The Morgan fingerprint density at radius 2 is 2.05 bits per heavy atom. The topological polar surface area (TPSA) is 86.7 Å². The van der Waals surface area contributed by atoms with Gasteiger partial charge >= 0.3 is 5.97 Å². The quantitative estimate of drug-likeness (QED) is 0.679. The number of hydrogen-bond donors (Lipinski definition) is 2. The molecule has 1 unspecified atom stereocenters. The van der Waals surface area contributed by atoms with Gasteiger partial charge in [-0.25, -0.2) is 4.72 Å². The standard InChI is InChI=1S/C12H22N2O4S/c15-12(16)11-4-2-8-14(9-11)19(17,18)13-7-1-3-10-5-6-10/h10-11,13H,1-9H2,(H,15,16). The molecule has 0 amide bonds. The monoisotopic (exact) mass is 290 g/mol. The maximum absolute atomic E-state index is 12.0. The van der Waals surface area contributed by atoms with Crippen LogP contribution in [0.25, 0.3) is 0 Å². The van der Waals surface area contributed by atoms with Crippen LogP contribution in [0.2, 0.25) is 0 Å². The smallest absolute Gasteiger partial charge is 0.307 e. The lowest BCUT2D eigenvalue weighted by Gasteiger charge is -2.29. The fourth-order valence-electron chi connectivity index (χ4n) is 2.45. The molecular weight excluding hydrogens is 268 g/mol. The number of aliphatic carboxylic acids is 1. The molecule has 0 aromatic heterocycles. The van der Waals surface area contributed by atoms with E-state index in [0.717, 1.165) is 18.8 Å². The van der Waals surface area contributed by atoms with Crippen molar-refractivity contribution in [3.63, 3.8) is 0 Å². The molecule has 2 N–H and O–H groups in total. The minimum Gasteiger partial charge on any atom is -0.481 e. The van der Waals surface area contributed by atoms with Gasteiger partial charge in [-0.05, 0) is 31.6 Å². The maximum Gasteiger partial charge on any atom is 0.307 e. The lowest BCUT2D eigenvalue weighted by molar-refractivity contribution is -0.142. The lowest BCUT2D eigenvalue weighted by Crippen LogP contribution is -2.47. The lowest BCUT2D eigenvalue weighted by atomic mass is 10.0. The van der Waals surface area contributed by atoms with Gasteiger partial charge in [-0.1, -0.05) is 12.8 Å². The van der Waals surface area contributed by atoms with Crippen molar-refractivity contribution in [1.82, 2.24) is 9.03 Å². The zero-order chi connectivity index (χ0) is 13.9. The molecule has 1 saturated carbocycles. The largest absolute Gasteiger partial charge is 0.481 e. The predicted octanol–water partition coefficient (Wildman–Crippen LogP) is 0.808. The van der Waals surface area contributed by atoms with Gasteiger partial charge in [-0.2, -0.15) is 12.7 Å².